The minimum Gasteiger partial charge on any atom is -0.326 e. The van der Waals surface area contributed by atoms with Crippen LogP contribution in [0.1, 0.15) is 11.4 Å². The van der Waals surface area contributed by atoms with Crippen LogP contribution in [0, 0.1) is 5.82 Å². The fourth-order valence-corrected chi connectivity index (χ4v) is 2.93. The molecule has 0 atom stereocenters. The molecular weight excluding hydrogens is 285 g/mol. The smallest absolute Gasteiger partial charge is 0.241 e. The number of nitrogens with zero attached hydrogens (tertiary/aromatic N) is 3. The van der Waals surface area contributed by atoms with Crippen molar-refractivity contribution in [3.05, 3.63) is 41.7 Å². The molecule has 0 aliphatic rings. The van der Waals surface area contributed by atoms with Crippen LogP contribution >= 0.6 is 0 Å². The first-order valence-corrected chi connectivity index (χ1v) is 7.24. The van der Waals surface area contributed by atoms with Crippen molar-refractivity contribution >= 4 is 10.0 Å². The van der Waals surface area contributed by atoms with Crippen LogP contribution in [-0.2, 0) is 30.2 Å². The molecular formula is C11H14FN5O2S. The van der Waals surface area contributed by atoms with Gasteiger partial charge in [0.25, 0.3) is 0 Å². The molecule has 0 saturated carbocycles. The number of aryl methyl sites for hydroxylation is 1. The molecule has 0 spiro atoms. The standard InChI is InChI=1S/C11H14FN5O2S/c1-17-7-14-16-11(17)6-15-20(18,19)10-4-2-3-9(12)8(10)5-13/h2-4,7,15H,5-6,13H2,1H3. The third-order valence-electron chi connectivity index (χ3n) is 2.79. The third kappa shape index (κ3) is 2.84. The van der Waals surface area contributed by atoms with Gasteiger partial charge in [-0.2, -0.15) is 0 Å². The average molecular weight is 299 g/mol. The molecule has 2 aromatic rings. The molecule has 0 fully saturated rings. The van der Waals surface area contributed by atoms with Crippen molar-refractivity contribution in [2.45, 2.75) is 18.0 Å². The Labute approximate surface area is 115 Å². The summed E-state index contributed by atoms with van der Waals surface area (Å²) in [7, 11) is -2.18. The van der Waals surface area contributed by atoms with Crippen LogP contribution in [0.15, 0.2) is 29.4 Å². The summed E-state index contributed by atoms with van der Waals surface area (Å²) in [5.74, 6) is -0.201. The molecule has 1 heterocycles. The van der Waals surface area contributed by atoms with Crippen LogP contribution in [-0.4, -0.2) is 23.2 Å². The molecule has 0 radical (unpaired) electrons. The molecule has 9 heteroatoms. The van der Waals surface area contributed by atoms with Gasteiger partial charge in [0.15, 0.2) is 0 Å². The van der Waals surface area contributed by atoms with Crippen molar-refractivity contribution in [1.29, 1.82) is 0 Å². The van der Waals surface area contributed by atoms with E-state index in [4.69, 9.17) is 5.73 Å². The second kappa shape index (κ2) is 5.65. The molecule has 20 heavy (non-hydrogen) atoms. The Morgan fingerprint density at radius 2 is 2.20 bits per heavy atom. The van der Waals surface area contributed by atoms with E-state index in [9.17, 15) is 12.8 Å². The lowest BCUT2D eigenvalue weighted by Gasteiger charge is -2.10. The van der Waals surface area contributed by atoms with Gasteiger partial charge in [-0.25, -0.2) is 17.5 Å². The molecule has 1 aromatic heterocycles. The third-order valence-corrected chi connectivity index (χ3v) is 4.28. The minimum absolute atomic E-state index is 0.0423. The summed E-state index contributed by atoms with van der Waals surface area (Å²) in [5.41, 5.74) is 5.36. The predicted octanol–water partition coefficient (Wildman–Crippen LogP) is -0.109. The zero-order valence-corrected chi connectivity index (χ0v) is 11.6. The summed E-state index contributed by atoms with van der Waals surface area (Å²) in [6, 6.07) is 3.81. The summed E-state index contributed by atoms with van der Waals surface area (Å²) in [6.07, 6.45) is 1.46. The van der Waals surface area contributed by atoms with Gasteiger partial charge in [-0.1, -0.05) is 6.07 Å². The SMILES string of the molecule is Cn1cnnc1CNS(=O)(=O)c1cccc(F)c1CN. The molecule has 0 saturated heterocycles. The van der Waals surface area contributed by atoms with Gasteiger partial charge >= 0.3 is 0 Å². The molecule has 7 nitrogen and oxygen atoms in total. The monoisotopic (exact) mass is 299 g/mol. The lowest BCUT2D eigenvalue weighted by Crippen LogP contribution is -2.26. The highest BCUT2D eigenvalue weighted by Gasteiger charge is 2.20. The van der Waals surface area contributed by atoms with Crippen LogP contribution in [0.4, 0.5) is 4.39 Å². The number of aromatic nitrogens is 3. The Hall–Kier alpha value is -1.84. The molecule has 0 aliphatic heterocycles. The first-order chi connectivity index (χ1) is 9.45. The van der Waals surface area contributed by atoms with Gasteiger partial charge in [-0.15, -0.1) is 10.2 Å². The maximum atomic E-state index is 13.6. The van der Waals surface area contributed by atoms with Crippen molar-refractivity contribution < 1.29 is 12.8 Å². The van der Waals surface area contributed by atoms with Gasteiger partial charge in [0.1, 0.15) is 18.0 Å². The van der Waals surface area contributed by atoms with Gasteiger partial charge in [-0.3, -0.25) is 0 Å². The maximum absolute atomic E-state index is 13.6. The van der Waals surface area contributed by atoms with Crippen LogP contribution in [0.25, 0.3) is 0 Å². The maximum Gasteiger partial charge on any atom is 0.241 e. The normalized spacial score (nSPS) is 11.8. The van der Waals surface area contributed by atoms with E-state index in [1.54, 1.807) is 11.6 Å². The lowest BCUT2D eigenvalue weighted by molar-refractivity contribution is 0.568. The van der Waals surface area contributed by atoms with E-state index in [0.717, 1.165) is 0 Å². The number of nitrogens with two attached hydrogens (primary N) is 1. The predicted molar refractivity (Wildman–Crippen MR) is 69.3 cm³/mol. The van der Waals surface area contributed by atoms with E-state index in [1.165, 1.54) is 24.5 Å². The highest BCUT2D eigenvalue weighted by molar-refractivity contribution is 7.89. The summed E-state index contributed by atoms with van der Waals surface area (Å²) >= 11 is 0. The number of halogens is 1. The number of benzene rings is 1. The molecule has 0 aliphatic carbocycles. The zero-order valence-electron chi connectivity index (χ0n) is 10.7. The van der Waals surface area contributed by atoms with Gasteiger partial charge in [-0.05, 0) is 12.1 Å². The summed E-state index contributed by atoms with van der Waals surface area (Å²) in [5, 5.41) is 7.40. The van der Waals surface area contributed by atoms with Crippen molar-refractivity contribution in [2.75, 3.05) is 0 Å². The topological polar surface area (TPSA) is 103 Å². The van der Waals surface area contributed by atoms with Crippen molar-refractivity contribution in [1.82, 2.24) is 19.5 Å². The molecule has 2 rings (SSSR count). The van der Waals surface area contributed by atoms with Crippen molar-refractivity contribution in [3.63, 3.8) is 0 Å². The van der Waals surface area contributed by atoms with E-state index in [1.807, 2.05) is 0 Å². The first kappa shape index (κ1) is 14.6. The summed E-state index contributed by atoms with van der Waals surface area (Å²) in [6.45, 7) is -0.244. The highest BCUT2D eigenvalue weighted by Crippen LogP contribution is 2.18. The molecule has 3 N–H and O–H groups in total. The molecule has 0 unspecified atom stereocenters. The zero-order chi connectivity index (χ0) is 14.8. The quantitative estimate of drug-likeness (QED) is 0.802. The molecule has 108 valence electrons. The van der Waals surface area contributed by atoms with Gasteiger partial charge in [0, 0.05) is 19.2 Å². The van der Waals surface area contributed by atoms with E-state index < -0.39 is 15.8 Å². The van der Waals surface area contributed by atoms with Crippen LogP contribution < -0.4 is 10.5 Å². The lowest BCUT2D eigenvalue weighted by atomic mass is 10.2. The van der Waals surface area contributed by atoms with Crippen LogP contribution in [0.2, 0.25) is 0 Å². The van der Waals surface area contributed by atoms with E-state index >= 15 is 0 Å². The van der Waals surface area contributed by atoms with Crippen molar-refractivity contribution in [2.24, 2.45) is 12.8 Å². The Morgan fingerprint density at radius 3 is 2.80 bits per heavy atom. The summed E-state index contributed by atoms with van der Waals surface area (Å²) < 4.78 is 41.8. The number of rotatable bonds is 5. The average Bonchev–Trinajstić information content (AvgIpc) is 2.82. The van der Waals surface area contributed by atoms with Crippen molar-refractivity contribution in [3.8, 4) is 0 Å². The minimum atomic E-state index is -3.87. The van der Waals surface area contributed by atoms with E-state index in [2.05, 4.69) is 14.9 Å². The van der Waals surface area contributed by atoms with E-state index in [-0.39, 0.29) is 23.5 Å². The Morgan fingerprint density at radius 1 is 1.45 bits per heavy atom. The summed E-state index contributed by atoms with van der Waals surface area (Å²) in [4.78, 5) is -0.165. The Bertz CT molecular complexity index is 713. The first-order valence-electron chi connectivity index (χ1n) is 5.75. The second-order valence-electron chi connectivity index (χ2n) is 4.10. The molecule has 1 aromatic carbocycles. The number of hydrogen-bond donors (Lipinski definition) is 2. The van der Waals surface area contributed by atoms with Gasteiger partial charge in [0.05, 0.1) is 11.4 Å². The van der Waals surface area contributed by atoms with Crippen LogP contribution in [0.3, 0.4) is 0 Å². The fraction of sp³-hybridized carbons (Fsp3) is 0.273. The number of sulfonamides is 1. The molecule has 0 bridgehead atoms. The Kier molecular flexibility index (Phi) is 4.12. The van der Waals surface area contributed by atoms with Gasteiger partial charge in [0.2, 0.25) is 10.0 Å². The number of nitrogens with one attached hydrogen (secondary N) is 1. The molecule has 0 amide bonds. The second-order valence-corrected chi connectivity index (χ2v) is 5.84. The highest BCUT2D eigenvalue weighted by atomic mass is 32.2. The Balaban J connectivity index is 2.27. The largest absolute Gasteiger partial charge is 0.326 e. The van der Waals surface area contributed by atoms with Crippen LogP contribution in [0.5, 0.6) is 0 Å². The number of hydrogen-bond acceptors (Lipinski definition) is 5. The van der Waals surface area contributed by atoms with Gasteiger partial charge < -0.3 is 10.3 Å². The fourth-order valence-electron chi connectivity index (χ4n) is 1.69. The van der Waals surface area contributed by atoms with E-state index in [0.29, 0.717) is 5.82 Å².